The third-order valence-electron chi connectivity index (χ3n) is 4.07. The van der Waals surface area contributed by atoms with Crippen molar-refractivity contribution in [3.8, 4) is 28.5 Å². The van der Waals surface area contributed by atoms with Gasteiger partial charge in [0.2, 0.25) is 5.75 Å². The summed E-state index contributed by atoms with van der Waals surface area (Å²) < 4.78 is 18.3. The first-order chi connectivity index (χ1) is 12.6. The molecule has 0 spiro atoms. The van der Waals surface area contributed by atoms with Crippen LogP contribution in [0.3, 0.4) is 0 Å². The van der Waals surface area contributed by atoms with Crippen LogP contribution in [-0.2, 0) is 0 Å². The van der Waals surface area contributed by atoms with Gasteiger partial charge in [-0.15, -0.1) is 0 Å². The maximum absolute atomic E-state index is 5.46. The van der Waals surface area contributed by atoms with Gasteiger partial charge in [-0.2, -0.15) is 0 Å². The van der Waals surface area contributed by atoms with Gasteiger partial charge in [0.05, 0.1) is 33.2 Å². The molecular weight excluding hydrogens is 332 g/mol. The van der Waals surface area contributed by atoms with Crippen molar-refractivity contribution < 1.29 is 14.2 Å². The maximum Gasteiger partial charge on any atom is 0.203 e. The van der Waals surface area contributed by atoms with Crippen LogP contribution in [0.25, 0.3) is 16.9 Å². The second kappa shape index (κ2) is 7.51. The van der Waals surface area contributed by atoms with Gasteiger partial charge in [-0.25, -0.2) is 9.97 Å². The Balaban J connectivity index is 2.12. The van der Waals surface area contributed by atoms with E-state index in [1.807, 2.05) is 28.9 Å². The van der Waals surface area contributed by atoms with Gasteiger partial charge in [0, 0.05) is 24.5 Å². The molecule has 1 N–H and O–H groups in total. The van der Waals surface area contributed by atoms with Gasteiger partial charge in [-0.3, -0.25) is 4.40 Å². The molecule has 3 rings (SSSR count). The number of hydrogen-bond donors (Lipinski definition) is 1. The minimum absolute atomic E-state index is 0.515. The predicted molar refractivity (Wildman–Crippen MR) is 101 cm³/mol. The van der Waals surface area contributed by atoms with E-state index >= 15 is 0 Å². The summed E-state index contributed by atoms with van der Waals surface area (Å²) in [5.74, 6) is 3.03. The van der Waals surface area contributed by atoms with Crippen molar-refractivity contribution >= 4 is 11.5 Å². The maximum atomic E-state index is 5.46. The first kappa shape index (κ1) is 17.8. The first-order valence-electron chi connectivity index (χ1n) is 8.45. The van der Waals surface area contributed by atoms with Gasteiger partial charge in [0.15, 0.2) is 23.0 Å². The van der Waals surface area contributed by atoms with Crippen molar-refractivity contribution in [2.75, 3.05) is 33.2 Å². The molecule has 0 fully saturated rings. The van der Waals surface area contributed by atoms with Gasteiger partial charge >= 0.3 is 0 Å². The number of anilines is 1. The van der Waals surface area contributed by atoms with E-state index in [4.69, 9.17) is 14.2 Å². The van der Waals surface area contributed by atoms with Crippen molar-refractivity contribution in [2.45, 2.75) is 13.8 Å². The lowest BCUT2D eigenvalue weighted by Gasteiger charge is -2.16. The highest BCUT2D eigenvalue weighted by atomic mass is 16.5. The Kier molecular flexibility index (Phi) is 5.16. The zero-order chi connectivity index (χ0) is 18.7. The number of nitrogens with one attached hydrogen (secondary N) is 1. The van der Waals surface area contributed by atoms with E-state index in [1.54, 1.807) is 27.5 Å². The highest BCUT2D eigenvalue weighted by molar-refractivity contribution is 5.73. The van der Waals surface area contributed by atoms with E-state index < -0.39 is 0 Å². The average molecular weight is 356 g/mol. The van der Waals surface area contributed by atoms with Gasteiger partial charge in [-0.05, 0) is 18.1 Å². The van der Waals surface area contributed by atoms with Crippen molar-refractivity contribution in [3.05, 3.63) is 30.7 Å². The molecule has 0 atom stereocenters. The quantitative estimate of drug-likeness (QED) is 0.699. The van der Waals surface area contributed by atoms with Crippen LogP contribution in [0, 0.1) is 5.92 Å². The zero-order valence-corrected chi connectivity index (χ0v) is 15.7. The molecule has 0 saturated heterocycles. The van der Waals surface area contributed by atoms with Crippen molar-refractivity contribution in [3.63, 3.8) is 0 Å². The van der Waals surface area contributed by atoms with Crippen LogP contribution in [0.4, 0.5) is 5.82 Å². The lowest BCUT2D eigenvalue weighted by atomic mass is 10.1. The summed E-state index contributed by atoms with van der Waals surface area (Å²) in [4.78, 5) is 9.03. The first-order valence-corrected chi connectivity index (χ1v) is 8.45. The number of rotatable bonds is 7. The predicted octanol–water partition coefficient (Wildman–Crippen LogP) is 3.49. The normalized spacial score (nSPS) is 11.0. The molecule has 1 aromatic carbocycles. The standard InChI is InChI=1S/C19H24N4O3/c1-12(2)10-21-18-19-20-6-7-23(19)14(11-22-18)13-8-15(24-3)17(26-5)16(9-13)25-4/h6-9,11-12H,10H2,1-5H3,(H,21,22). The number of aromatic nitrogens is 3. The smallest absolute Gasteiger partial charge is 0.203 e. The summed E-state index contributed by atoms with van der Waals surface area (Å²) >= 11 is 0. The molecule has 0 aliphatic carbocycles. The second-order valence-corrected chi connectivity index (χ2v) is 6.30. The summed E-state index contributed by atoms with van der Waals surface area (Å²) in [6.45, 7) is 5.14. The summed E-state index contributed by atoms with van der Waals surface area (Å²) in [7, 11) is 4.79. The number of benzene rings is 1. The Bertz CT molecular complexity index is 880. The third-order valence-corrected chi connectivity index (χ3v) is 4.07. The van der Waals surface area contributed by atoms with Crippen molar-refractivity contribution in [2.24, 2.45) is 5.92 Å². The summed E-state index contributed by atoms with van der Waals surface area (Å²) in [6, 6.07) is 3.80. The molecule has 0 unspecified atom stereocenters. The molecule has 138 valence electrons. The van der Waals surface area contributed by atoms with E-state index in [-0.39, 0.29) is 0 Å². The fourth-order valence-electron chi connectivity index (χ4n) is 2.79. The Morgan fingerprint density at radius 3 is 2.31 bits per heavy atom. The number of hydrogen-bond acceptors (Lipinski definition) is 6. The Labute approximate surface area is 152 Å². The minimum atomic E-state index is 0.515. The molecule has 26 heavy (non-hydrogen) atoms. The van der Waals surface area contributed by atoms with E-state index in [1.165, 1.54) is 0 Å². The molecule has 0 aliphatic rings. The van der Waals surface area contributed by atoms with Crippen molar-refractivity contribution in [1.29, 1.82) is 0 Å². The molecule has 0 radical (unpaired) electrons. The highest BCUT2D eigenvalue weighted by Gasteiger charge is 2.17. The van der Waals surface area contributed by atoms with Gasteiger partial charge in [0.25, 0.3) is 0 Å². The Hall–Kier alpha value is -2.96. The molecule has 0 aliphatic heterocycles. The van der Waals surface area contributed by atoms with Crippen LogP contribution in [0.2, 0.25) is 0 Å². The van der Waals surface area contributed by atoms with E-state index in [0.717, 1.165) is 29.3 Å². The molecule has 2 aromatic heterocycles. The number of methoxy groups -OCH3 is 3. The van der Waals surface area contributed by atoms with Crippen LogP contribution in [0.15, 0.2) is 30.7 Å². The van der Waals surface area contributed by atoms with E-state index in [2.05, 4.69) is 29.1 Å². The zero-order valence-electron chi connectivity index (χ0n) is 15.7. The Morgan fingerprint density at radius 2 is 1.73 bits per heavy atom. The van der Waals surface area contributed by atoms with Crippen LogP contribution in [0.1, 0.15) is 13.8 Å². The SMILES string of the molecule is COc1cc(-c2cnc(NCC(C)C)c3nccn23)cc(OC)c1OC. The minimum Gasteiger partial charge on any atom is -0.493 e. The van der Waals surface area contributed by atoms with Crippen LogP contribution < -0.4 is 19.5 Å². The monoisotopic (exact) mass is 356 g/mol. The lowest BCUT2D eigenvalue weighted by Crippen LogP contribution is -2.11. The second-order valence-electron chi connectivity index (χ2n) is 6.30. The number of nitrogens with zero attached hydrogens (tertiary/aromatic N) is 3. The van der Waals surface area contributed by atoms with Gasteiger partial charge in [-0.1, -0.05) is 13.8 Å². The largest absolute Gasteiger partial charge is 0.493 e. The highest BCUT2D eigenvalue weighted by Crippen LogP contribution is 2.41. The molecule has 0 bridgehead atoms. The van der Waals surface area contributed by atoms with Crippen LogP contribution in [-0.4, -0.2) is 42.2 Å². The molecular formula is C19H24N4O3. The van der Waals surface area contributed by atoms with Crippen LogP contribution >= 0.6 is 0 Å². The van der Waals surface area contributed by atoms with Crippen LogP contribution in [0.5, 0.6) is 17.2 Å². The topological polar surface area (TPSA) is 69.9 Å². The third kappa shape index (κ3) is 3.24. The average Bonchev–Trinajstić information content (AvgIpc) is 3.14. The Morgan fingerprint density at radius 1 is 1.04 bits per heavy atom. The number of ether oxygens (including phenoxy) is 3. The summed E-state index contributed by atoms with van der Waals surface area (Å²) in [5, 5.41) is 3.35. The number of imidazole rings is 1. The van der Waals surface area contributed by atoms with Gasteiger partial charge < -0.3 is 19.5 Å². The van der Waals surface area contributed by atoms with Gasteiger partial charge in [0.1, 0.15) is 0 Å². The molecule has 0 amide bonds. The van der Waals surface area contributed by atoms with Crippen molar-refractivity contribution in [1.82, 2.24) is 14.4 Å². The fourth-order valence-corrected chi connectivity index (χ4v) is 2.79. The lowest BCUT2D eigenvalue weighted by molar-refractivity contribution is 0.324. The molecule has 7 nitrogen and oxygen atoms in total. The molecule has 2 heterocycles. The molecule has 0 saturated carbocycles. The molecule has 7 heteroatoms. The molecule has 3 aromatic rings. The fraction of sp³-hybridized carbons (Fsp3) is 0.368. The summed E-state index contributed by atoms with van der Waals surface area (Å²) in [5.41, 5.74) is 2.55. The summed E-state index contributed by atoms with van der Waals surface area (Å²) in [6.07, 6.45) is 5.49. The number of fused-ring (bicyclic) bond motifs is 1. The van der Waals surface area contributed by atoms with E-state index in [9.17, 15) is 0 Å². The van der Waals surface area contributed by atoms with E-state index in [0.29, 0.717) is 23.2 Å².